The second kappa shape index (κ2) is 21.2. The van der Waals surface area contributed by atoms with Crippen LogP contribution in [0.25, 0.3) is 0 Å². The van der Waals surface area contributed by atoms with E-state index in [2.05, 4.69) is 13.8 Å². The first-order valence-corrected chi connectivity index (χ1v) is 11.4. The third-order valence-electron chi connectivity index (χ3n) is 4.33. The fourth-order valence-electron chi connectivity index (χ4n) is 2.78. The molecule has 0 aliphatic carbocycles. The molecule has 1 nitrogen and oxygen atoms in total. The van der Waals surface area contributed by atoms with Crippen LogP contribution in [0.4, 0.5) is 0 Å². The fourth-order valence-corrected chi connectivity index (χ4v) is 3.61. The Morgan fingerprint density at radius 2 is 0.909 bits per heavy atom. The highest BCUT2D eigenvalue weighted by atomic mass is 28.2. The van der Waals surface area contributed by atoms with Crippen molar-refractivity contribution >= 4 is 9.76 Å². The summed E-state index contributed by atoms with van der Waals surface area (Å²) in [6, 6.07) is 1.29. The highest BCUT2D eigenvalue weighted by Gasteiger charge is 1.95. The first-order valence-electron chi connectivity index (χ1n) is 10.3. The molecule has 0 aromatic carbocycles. The summed E-state index contributed by atoms with van der Waals surface area (Å²) < 4.78 is 5.73. The van der Waals surface area contributed by atoms with E-state index in [4.69, 9.17) is 4.43 Å². The van der Waals surface area contributed by atoms with Crippen molar-refractivity contribution in [2.24, 2.45) is 0 Å². The number of unbranched alkanes of at least 4 members (excludes halogenated alkanes) is 14. The van der Waals surface area contributed by atoms with Crippen LogP contribution in [0.5, 0.6) is 0 Å². The third kappa shape index (κ3) is 20.2. The van der Waals surface area contributed by atoms with Crippen molar-refractivity contribution in [1.29, 1.82) is 0 Å². The summed E-state index contributed by atoms with van der Waals surface area (Å²) in [6.07, 6.45) is 22.5. The molecular formula is C20H42OSi. The lowest BCUT2D eigenvalue weighted by atomic mass is 10.1. The van der Waals surface area contributed by atoms with Gasteiger partial charge in [0.25, 0.3) is 0 Å². The van der Waals surface area contributed by atoms with Crippen LogP contribution in [0.15, 0.2) is 0 Å². The Morgan fingerprint density at radius 3 is 1.41 bits per heavy atom. The molecule has 0 spiro atoms. The average molecular weight is 327 g/mol. The number of hydrogen-bond acceptors (Lipinski definition) is 1. The molecule has 0 rings (SSSR count). The van der Waals surface area contributed by atoms with E-state index in [-0.39, 0.29) is 0 Å². The van der Waals surface area contributed by atoms with E-state index in [1.165, 1.54) is 109 Å². The van der Waals surface area contributed by atoms with Gasteiger partial charge in [0, 0.05) is 6.61 Å². The quantitative estimate of drug-likeness (QED) is 0.178. The minimum absolute atomic E-state index is 0.755. The van der Waals surface area contributed by atoms with E-state index in [1.54, 1.807) is 0 Å². The molecule has 0 aromatic rings. The normalized spacial score (nSPS) is 11.2. The topological polar surface area (TPSA) is 9.23 Å². The first-order chi connectivity index (χ1) is 10.9. The fraction of sp³-hybridized carbons (Fsp3) is 1.00. The molecule has 0 unspecified atom stereocenters. The van der Waals surface area contributed by atoms with Gasteiger partial charge in [-0.1, -0.05) is 110 Å². The molecule has 132 valence electrons. The van der Waals surface area contributed by atoms with Gasteiger partial charge in [0.15, 0.2) is 0 Å². The molecule has 0 aliphatic heterocycles. The summed E-state index contributed by atoms with van der Waals surface area (Å²) in [4.78, 5) is 0. The predicted octanol–water partition coefficient (Wildman–Crippen LogP) is 7.32. The Kier molecular flexibility index (Phi) is 21.3. The summed E-state index contributed by atoms with van der Waals surface area (Å²) in [5.74, 6) is 0. The number of rotatable bonds is 19. The van der Waals surface area contributed by atoms with Crippen LogP contribution in [0.2, 0.25) is 6.04 Å². The van der Waals surface area contributed by atoms with Gasteiger partial charge in [0.1, 0.15) is 0 Å². The van der Waals surface area contributed by atoms with Crippen LogP contribution in [0.3, 0.4) is 0 Å². The number of hydrogen-bond donors (Lipinski definition) is 0. The Hall–Kier alpha value is 0.177. The lowest BCUT2D eigenvalue weighted by molar-refractivity contribution is 0.319. The molecule has 0 heterocycles. The highest BCUT2D eigenvalue weighted by molar-refractivity contribution is 6.26. The second-order valence-electron chi connectivity index (χ2n) is 6.69. The summed E-state index contributed by atoms with van der Waals surface area (Å²) in [5, 5.41) is 0. The second-order valence-corrected chi connectivity index (χ2v) is 7.77. The summed E-state index contributed by atoms with van der Waals surface area (Å²) in [6.45, 7) is 5.56. The standard InChI is InChI=1S/C20H42OSi/c1-3-5-7-9-10-11-12-13-14-15-16-17-19-21-22-20-18-8-6-4-2/h3-20H2,1-2H3. The molecular weight excluding hydrogens is 284 g/mol. The molecule has 0 fully saturated rings. The van der Waals surface area contributed by atoms with Crippen LogP contribution in [0.1, 0.15) is 117 Å². The van der Waals surface area contributed by atoms with Gasteiger partial charge in [-0.15, -0.1) is 0 Å². The Labute approximate surface area is 143 Å². The molecule has 0 saturated heterocycles. The van der Waals surface area contributed by atoms with E-state index in [0.717, 1.165) is 16.4 Å². The zero-order valence-corrected chi connectivity index (χ0v) is 16.6. The van der Waals surface area contributed by atoms with Gasteiger partial charge in [-0.3, -0.25) is 0 Å². The zero-order valence-electron chi connectivity index (χ0n) is 15.6. The highest BCUT2D eigenvalue weighted by Crippen LogP contribution is 2.12. The summed E-state index contributed by atoms with van der Waals surface area (Å²) in [7, 11) is 0.755. The molecule has 2 heteroatoms. The zero-order chi connectivity index (χ0) is 16.1. The van der Waals surface area contributed by atoms with Gasteiger partial charge in [0.05, 0.1) is 0 Å². The molecule has 0 N–H and O–H groups in total. The smallest absolute Gasteiger partial charge is 0.229 e. The van der Waals surface area contributed by atoms with Gasteiger partial charge < -0.3 is 4.43 Å². The molecule has 0 aromatic heterocycles. The van der Waals surface area contributed by atoms with E-state index in [9.17, 15) is 0 Å². The summed E-state index contributed by atoms with van der Waals surface area (Å²) >= 11 is 0. The van der Waals surface area contributed by atoms with Crippen molar-refractivity contribution in [2.45, 2.75) is 123 Å². The maximum atomic E-state index is 5.73. The Balaban J connectivity index is 2.91. The van der Waals surface area contributed by atoms with E-state index < -0.39 is 0 Å². The lowest BCUT2D eigenvalue weighted by Crippen LogP contribution is -2.00. The maximum Gasteiger partial charge on any atom is 0.229 e. The molecule has 22 heavy (non-hydrogen) atoms. The molecule has 0 atom stereocenters. The third-order valence-corrected chi connectivity index (χ3v) is 5.30. The van der Waals surface area contributed by atoms with Crippen molar-refractivity contribution in [1.82, 2.24) is 0 Å². The van der Waals surface area contributed by atoms with Gasteiger partial charge in [-0.2, -0.15) is 0 Å². The van der Waals surface area contributed by atoms with Gasteiger partial charge in [0.2, 0.25) is 9.76 Å². The van der Waals surface area contributed by atoms with Crippen molar-refractivity contribution in [2.75, 3.05) is 6.61 Å². The first kappa shape index (κ1) is 22.2. The van der Waals surface area contributed by atoms with E-state index in [1.807, 2.05) is 0 Å². The monoisotopic (exact) mass is 326 g/mol. The van der Waals surface area contributed by atoms with Crippen LogP contribution in [0, 0.1) is 0 Å². The van der Waals surface area contributed by atoms with Gasteiger partial charge in [-0.25, -0.2) is 0 Å². The Bertz CT molecular complexity index is 165. The molecule has 2 radical (unpaired) electrons. The van der Waals surface area contributed by atoms with Crippen molar-refractivity contribution in [3.8, 4) is 0 Å². The van der Waals surface area contributed by atoms with Crippen LogP contribution in [-0.2, 0) is 4.43 Å². The van der Waals surface area contributed by atoms with Gasteiger partial charge in [-0.05, 0) is 12.5 Å². The maximum absolute atomic E-state index is 5.73. The molecule has 0 bridgehead atoms. The van der Waals surface area contributed by atoms with Crippen molar-refractivity contribution in [3.05, 3.63) is 0 Å². The van der Waals surface area contributed by atoms with E-state index >= 15 is 0 Å². The predicted molar refractivity (Wildman–Crippen MR) is 102 cm³/mol. The van der Waals surface area contributed by atoms with E-state index in [0.29, 0.717) is 0 Å². The van der Waals surface area contributed by atoms with Crippen LogP contribution < -0.4 is 0 Å². The average Bonchev–Trinajstić information content (AvgIpc) is 2.54. The molecule has 0 aliphatic rings. The largest absolute Gasteiger partial charge is 0.417 e. The van der Waals surface area contributed by atoms with Crippen molar-refractivity contribution in [3.63, 3.8) is 0 Å². The van der Waals surface area contributed by atoms with Crippen molar-refractivity contribution < 1.29 is 4.43 Å². The minimum atomic E-state index is 0.755. The van der Waals surface area contributed by atoms with Crippen LogP contribution >= 0.6 is 0 Å². The molecule has 0 amide bonds. The van der Waals surface area contributed by atoms with Gasteiger partial charge >= 0.3 is 0 Å². The van der Waals surface area contributed by atoms with Crippen LogP contribution in [-0.4, -0.2) is 16.4 Å². The lowest BCUT2D eigenvalue weighted by Gasteiger charge is -2.04. The molecule has 0 saturated carbocycles. The Morgan fingerprint density at radius 1 is 0.500 bits per heavy atom. The minimum Gasteiger partial charge on any atom is -0.417 e. The SMILES string of the molecule is CCCCCCCCCCCCCCO[Si]CCCCCC. The summed E-state index contributed by atoms with van der Waals surface area (Å²) in [5.41, 5.74) is 0.